The second-order valence-corrected chi connectivity index (χ2v) is 15.1. The van der Waals surface area contributed by atoms with Crippen molar-refractivity contribution in [1.82, 2.24) is 30.2 Å². The number of amides is 2. The van der Waals surface area contributed by atoms with Crippen LogP contribution in [0.3, 0.4) is 0 Å². The Bertz CT molecular complexity index is 1920. The maximum absolute atomic E-state index is 14.1. The zero-order valence-corrected chi connectivity index (χ0v) is 29.1. The molecule has 0 radical (unpaired) electrons. The summed E-state index contributed by atoms with van der Waals surface area (Å²) in [6.45, 7) is 4.45. The summed E-state index contributed by atoms with van der Waals surface area (Å²) < 4.78 is 49.1. The quantitative estimate of drug-likeness (QED) is 0.207. The molecule has 52 heavy (non-hydrogen) atoms. The van der Waals surface area contributed by atoms with E-state index < -0.39 is 17.6 Å². The number of hydrogen-bond acceptors (Lipinski definition) is 7. The Balaban J connectivity index is 0.907. The molecule has 10 nitrogen and oxygen atoms in total. The molecule has 5 fully saturated rings. The molecule has 1 saturated heterocycles. The predicted molar refractivity (Wildman–Crippen MR) is 188 cm³/mol. The van der Waals surface area contributed by atoms with Crippen LogP contribution in [0.5, 0.6) is 5.75 Å². The lowest BCUT2D eigenvalue weighted by Gasteiger charge is -2.56. The van der Waals surface area contributed by atoms with E-state index in [1.807, 2.05) is 36.1 Å². The van der Waals surface area contributed by atoms with Crippen molar-refractivity contribution in [2.45, 2.75) is 51.6 Å². The molecule has 272 valence electrons. The van der Waals surface area contributed by atoms with E-state index in [0.29, 0.717) is 43.4 Å². The summed E-state index contributed by atoms with van der Waals surface area (Å²) in [5.74, 6) is 2.97. The number of ether oxygens (including phenoxy) is 1. The average molecular weight is 714 g/mol. The van der Waals surface area contributed by atoms with Gasteiger partial charge in [-0.2, -0.15) is 18.3 Å². The minimum atomic E-state index is -4.66. The van der Waals surface area contributed by atoms with Crippen LogP contribution in [0.2, 0.25) is 0 Å². The minimum Gasteiger partial charge on any atom is -0.494 e. The number of benzene rings is 2. The molecule has 4 saturated carbocycles. The van der Waals surface area contributed by atoms with Crippen LogP contribution in [0, 0.1) is 23.2 Å². The summed E-state index contributed by atoms with van der Waals surface area (Å²) in [7, 11) is 0. The van der Waals surface area contributed by atoms with Gasteiger partial charge in [0.15, 0.2) is 11.5 Å². The fourth-order valence-corrected chi connectivity index (χ4v) is 9.38. The molecule has 2 aromatic heterocycles. The van der Waals surface area contributed by atoms with Crippen LogP contribution in [0.1, 0.15) is 71.9 Å². The van der Waals surface area contributed by atoms with E-state index >= 15 is 0 Å². The number of hydrogen-bond donors (Lipinski definition) is 1. The minimum absolute atomic E-state index is 0.0719. The number of aromatic nitrogens is 4. The summed E-state index contributed by atoms with van der Waals surface area (Å²) in [6, 6.07) is 14.1. The molecule has 0 spiro atoms. The van der Waals surface area contributed by atoms with E-state index in [1.54, 1.807) is 29.4 Å². The molecule has 2 aromatic carbocycles. The van der Waals surface area contributed by atoms with Gasteiger partial charge >= 0.3 is 6.18 Å². The largest absolute Gasteiger partial charge is 0.494 e. The third-order valence-corrected chi connectivity index (χ3v) is 11.4. The Labute approximate surface area is 300 Å². The average Bonchev–Trinajstić information content (AvgIpc) is 3.64. The van der Waals surface area contributed by atoms with Crippen molar-refractivity contribution in [2.24, 2.45) is 23.2 Å². The van der Waals surface area contributed by atoms with E-state index in [4.69, 9.17) is 4.74 Å². The third kappa shape index (κ3) is 6.97. The van der Waals surface area contributed by atoms with Gasteiger partial charge in [-0.15, -0.1) is 10.2 Å². The Morgan fingerprint density at radius 3 is 2.29 bits per heavy atom. The lowest BCUT2D eigenvalue weighted by atomic mass is 9.49. The van der Waals surface area contributed by atoms with E-state index in [0.717, 1.165) is 35.4 Å². The van der Waals surface area contributed by atoms with Crippen LogP contribution in [0.15, 0.2) is 67.0 Å². The van der Waals surface area contributed by atoms with Crippen molar-refractivity contribution in [1.29, 1.82) is 0 Å². The molecule has 0 atom stereocenters. The summed E-state index contributed by atoms with van der Waals surface area (Å²) in [4.78, 5) is 30.2. The summed E-state index contributed by atoms with van der Waals surface area (Å²) >= 11 is 0. The van der Waals surface area contributed by atoms with Crippen molar-refractivity contribution in [3.63, 3.8) is 0 Å². The van der Waals surface area contributed by atoms with Gasteiger partial charge in [0.2, 0.25) is 0 Å². The Hall–Kier alpha value is -4.94. The van der Waals surface area contributed by atoms with Crippen molar-refractivity contribution >= 4 is 17.6 Å². The van der Waals surface area contributed by atoms with Crippen LogP contribution in [0.25, 0.3) is 16.8 Å². The van der Waals surface area contributed by atoms with Gasteiger partial charge in [0, 0.05) is 50.0 Å². The van der Waals surface area contributed by atoms with Crippen molar-refractivity contribution < 1.29 is 27.5 Å². The molecule has 1 aliphatic heterocycles. The first-order valence-electron chi connectivity index (χ1n) is 18.2. The van der Waals surface area contributed by atoms with Crippen LogP contribution in [0.4, 0.5) is 19.0 Å². The highest BCUT2D eigenvalue weighted by Gasteiger charge is 2.50. The maximum Gasteiger partial charge on any atom is 0.416 e. The first-order chi connectivity index (χ1) is 25.0. The fraction of sp³-hybridized carbons (Fsp3) is 0.462. The third-order valence-electron chi connectivity index (χ3n) is 11.4. The monoisotopic (exact) mass is 713 g/mol. The van der Waals surface area contributed by atoms with Gasteiger partial charge < -0.3 is 19.9 Å². The molecule has 0 unspecified atom stereocenters. The van der Waals surface area contributed by atoms with Gasteiger partial charge in [-0.3, -0.25) is 9.59 Å². The highest BCUT2D eigenvalue weighted by Crippen LogP contribution is 2.59. The zero-order chi connectivity index (χ0) is 36.0. The number of rotatable bonds is 9. The number of alkyl halides is 3. The number of nitrogens with zero attached hydrogens (tertiary/aromatic N) is 6. The molecule has 9 rings (SSSR count). The second-order valence-electron chi connectivity index (χ2n) is 15.1. The number of carbonyl (C=O) groups excluding carboxylic acids is 2. The summed E-state index contributed by atoms with van der Waals surface area (Å²) in [5.41, 5.74) is 1.11. The highest BCUT2D eigenvalue weighted by molar-refractivity contribution is 5.95. The number of nitrogens with one attached hydrogen (secondary N) is 1. The van der Waals surface area contributed by atoms with Crippen molar-refractivity contribution in [2.75, 3.05) is 44.2 Å². The SMILES string of the molecule is CCOc1cccc(-c2cnn(-c3cc(C(=O)N4CCN(c5ccc(C(=O)NCC67CC8CC(CC(C8)C6)C7)nn5)CC4)cc(C(F)(F)F)c3)c2)c1. The lowest BCUT2D eigenvalue weighted by molar-refractivity contribution is -0.137. The number of halogens is 3. The van der Waals surface area contributed by atoms with Gasteiger partial charge in [0.1, 0.15) is 5.75 Å². The van der Waals surface area contributed by atoms with Crippen LogP contribution in [-0.4, -0.2) is 76.0 Å². The molecular weight excluding hydrogens is 671 g/mol. The topological polar surface area (TPSA) is 105 Å². The molecule has 5 aliphatic rings. The summed E-state index contributed by atoms with van der Waals surface area (Å²) in [6.07, 6.45) is 6.24. The Morgan fingerprint density at radius 1 is 0.904 bits per heavy atom. The normalized spacial score (nSPS) is 23.9. The molecule has 13 heteroatoms. The molecule has 1 N–H and O–H groups in total. The fourth-order valence-electron chi connectivity index (χ4n) is 9.38. The molecule has 3 heterocycles. The Kier molecular flexibility index (Phi) is 8.91. The number of anilines is 1. The number of piperazine rings is 1. The van der Waals surface area contributed by atoms with Gasteiger partial charge in [-0.1, -0.05) is 12.1 Å². The van der Waals surface area contributed by atoms with Crippen LogP contribution in [-0.2, 0) is 6.18 Å². The highest BCUT2D eigenvalue weighted by atomic mass is 19.4. The van der Waals surface area contributed by atoms with E-state index in [2.05, 4.69) is 20.6 Å². The van der Waals surface area contributed by atoms with Crippen LogP contribution >= 0.6 is 0 Å². The molecule has 4 aliphatic carbocycles. The number of carbonyl (C=O) groups is 2. The van der Waals surface area contributed by atoms with Gasteiger partial charge in [0.25, 0.3) is 11.8 Å². The van der Waals surface area contributed by atoms with Gasteiger partial charge in [0.05, 0.1) is 24.1 Å². The smallest absolute Gasteiger partial charge is 0.416 e. The van der Waals surface area contributed by atoms with Gasteiger partial charge in [-0.25, -0.2) is 4.68 Å². The van der Waals surface area contributed by atoms with Crippen molar-refractivity contribution in [3.05, 3.63) is 83.8 Å². The first-order valence-corrected chi connectivity index (χ1v) is 18.2. The van der Waals surface area contributed by atoms with Crippen LogP contribution < -0.4 is 15.0 Å². The molecular formula is C39H42F3N7O3. The molecule has 4 aromatic rings. The van der Waals surface area contributed by atoms with E-state index in [1.165, 1.54) is 49.3 Å². The first kappa shape index (κ1) is 34.2. The predicted octanol–water partition coefficient (Wildman–Crippen LogP) is 6.66. The maximum atomic E-state index is 14.1. The van der Waals surface area contributed by atoms with E-state index in [-0.39, 0.29) is 41.4 Å². The second kappa shape index (κ2) is 13.6. The lowest BCUT2D eigenvalue weighted by Crippen LogP contribution is -2.51. The van der Waals surface area contributed by atoms with Gasteiger partial charge in [-0.05, 0) is 117 Å². The molecule has 4 bridgehead atoms. The summed E-state index contributed by atoms with van der Waals surface area (Å²) in [5, 5.41) is 16.0. The van der Waals surface area contributed by atoms with Crippen molar-refractivity contribution in [3.8, 4) is 22.6 Å². The van der Waals surface area contributed by atoms with E-state index in [9.17, 15) is 22.8 Å². The standard InChI is InChI=1S/C39H42F3N7O3/c1-2-52-33-5-3-4-28(17-33)30-22-44-49(23-30)32-16-29(15-31(18-32)39(40,41)42)37(51)48-10-8-47(9-11-48)35-7-6-34(45-46-35)36(50)43-24-38-19-25-12-26(20-38)14-27(13-25)21-38/h3-7,15-18,22-23,25-27H,2,8-14,19-21,24H2,1H3,(H,43,50). The zero-order valence-electron chi connectivity index (χ0n) is 29.1. The Morgan fingerprint density at radius 2 is 1.63 bits per heavy atom. The molecule has 2 amide bonds.